The first-order chi connectivity index (χ1) is 14.5. The maximum absolute atomic E-state index is 13.9. The van der Waals surface area contributed by atoms with Crippen LogP contribution in [0.4, 0.5) is 10.3 Å². The Bertz CT molecular complexity index is 1130. The number of carbonyl (C=O) groups excluding carboxylic acids is 1. The normalized spacial score (nSPS) is 15.5. The average Bonchev–Trinajstić information content (AvgIpc) is 3.14. The number of carbonyl (C=O) groups is 1. The number of ether oxygens (including phenoxy) is 1. The second kappa shape index (κ2) is 8.19. The number of amides is 1. The fourth-order valence-electron chi connectivity index (χ4n) is 3.36. The van der Waals surface area contributed by atoms with E-state index in [1.54, 1.807) is 36.9 Å². The summed E-state index contributed by atoms with van der Waals surface area (Å²) >= 11 is 1.32. The molecule has 4 rings (SSSR count). The molecule has 1 aromatic heterocycles. The number of hydrogen-bond acceptors (Lipinski definition) is 6. The molecule has 0 spiro atoms. The van der Waals surface area contributed by atoms with Crippen molar-refractivity contribution >= 4 is 23.6 Å². The van der Waals surface area contributed by atoms with Gasteiger partial charge in [-0.05, 0) is 36.2 Å². The number of primary amides is 1. The van der Waals surface area contributed by atoms with Gasteiger partial charge in [-0.1, -0.05) is 42.1 Å². The minimum atomic E-state index is -0.539. The molecule has 154 valence electrons. The van der Waals surface area contributed by atoms with Gasteiger partial charge in [0, 0.05) is 11.4 Å². The van der Waals surface area contributed by atoms with Crippen molar-refractivity contribution in [2.45, 2.75) is 23.9 Å². The zero-order valence-electron chi connectivity index (χ0n) is 16.4. The van der Waals surface area contributed by atoms with Crippen molar-refractivity contribution in [1.82, 2.24) is 14.8 Å². The van der Waals surface area contributed by atoms with E-state index in [0.29, 0.717) is 39.4 Å². The summed E-state index contributed by atoms with van der Waals surface area (Å²) in [4.78, 5) is 16.7. The van der Waals surface area contributed by atoms with Crippen molar-refractivity contribution in [3.63, 3.8) is 0 Å². The van der Waals surface area contributed by atoms with Gasteiger partial charge in [0.2, 0.25) is 17.0 Å². The van der Waals surface area contributed by atoms with Gasteiger partial charge in [-0.2, -0.15) is 4.98 Å². The molecule has 1 atom stereocenters. The molecule has 1 unspecified atom stereocenters. The van der Waals surface area contributed by atoms with E-state index in [4.69, 9.17) is 10.5 Å². The molecule has 30 heavy (non-hydrogen) atoms. The number of fused-ring (bicyclic) bond motifs is 1. The fourth-order valence-corrected chi connectivity index (χ4v) is 4.18. The maximum atomic E-state index is 13.9. The van der Waals surface area contributed by atoms with Gasteiger partial charge in [0.1, 0.15) is 17.6 Å². The first kappa shape index (κ1) is 20.0. The Morgan fingerprint density at radius 2 is 2.00 bits per heavy atom. The Kier molecular flexibility index (Phi) is 5.45. The molecule has 3 aromatic rings. The smallest absolute Gasteiger partial charge is 0.248 e. The highest BCUT2D eigenvalue weighted by atomic mass is 32.2. The van der Waals surface area contributed by atoms with E-state index in [0.717, 1.165) is 5.56 Å². The van der Waals surface area contributed by atoms with Crippen LogP contribution in [0, 0.1) is 5.82 Å². The highest BCUT2D eigenvalue weighted by molar-refractivity contribution is 7.98. The third-order valence-electron chi connectivity index (χ3n) is 4.84. The number of methoxy groups -OCH3 is 1. The molecular weight excluding hydrogens is 405 g/mol. The zero-order chi connectivity index (χ0) is 21.3. The number of thioether (sulfide) groups is 1. The molecule has 9 heteroatoms. The standard InChI is InChI=1S/C21H20FN5O2S/c1-12-17(19(23)28)18(13-7-9-15(29-2)10-8-13)27-20(24-12)25-21(26-27)30-11-14-5-3-4-6-16(14)22/h3-10,18H,11H2,1-2H3,(H2,23,28)(H,24,25,26). The largest absolute Gasteiger partial charge is 0.497 e. The van der Waals surface area contributed by atoms with Crippen LogP contribution in [0.25, 0.3) is 0 Å². The highest BCUT2D eigenvalue weighted by Crippen LogP contribution is 2.36. The van der Waals surface area contributed by atoms with Gasteiger partial charge in [-0.3, -0.25) is 4.79 Å². The number of allylic oxidation sites excluding steroid dienone is 1. The molecular formula is C21H20FN5O2S. The Morgan fingerprint density at radius 1 is 1.27 bits per heavy atom. The molecule has 2 aromatic carbocycles. The van der Waals surface area contributed by atoms with Crippen molar-refractivity contribution in [2.75, 3.05) is 12.4 Å². The summed E-state index contributed by atoms with van der Waals surface area (Å²) in [6, 6.07) is 13.4. The molecule has 1 amide bonds. The van der Waals surface area contributed by atoms with Crippen molar-refractivity contribution in [1.29, 1.82) is 0 Å². The minimum absolute atomic E-state index is 0.267. The van der Waals surface area contributed by atoms with Gasteiger partial charge in [-0.15, -0.1) is 5.10 Å². The van der Waals surface area contributed by atoms with Gasteiger partial charge in [-0.25, -0.2) is 9.07 Å². The summed E-state index contributed by atoms with van der Waals surface area (Å²) < 4.78 is 20.8. The summed E-state index contributed by atoms with van der Waals surface area (Å²) in [5, 5.41) is 8.14. The van der Waals surface area contributed by atoms with E-state index >= 15 is 0 Å². The van der Waals surface area contributed by atoms with Crippen LogP contribution in [-0.4, -0.2) is 27.8 Å². The topological polar surface area (TPSA) is 95.1 Å². The van der Waals surface area contributed by atoms with Crippen LogP contribution in [0.3, 0.4) is 0 Å². The third-order valence-corrected chi connectivity index (χ3v) is 5.73. The van der Waals surface area contributed by atoms with Crippen LogP contribution >= 0.6 is 11.8 Å². The van der Waals surface area contributed by atoms with Crippen LogP contribution in [0.5, 0.6) is 5.75 Å². The molecule has 0 saturated heterocycles. The molecule has 1 aliphatic rings. The maximum Gasteiger partial charge on any atom is 0.248 e. The van der Waals surface area contributed by atoms with Gasteiger partial charge >= 0.3 is 0 Å². The number of halogens is 1. The van der Waals surface area contributed by atoms with Crippen molar-refractivity contribution < 1.29 is 13.9 Å². The number of nitrogens with one attached hydrogen (secondary N) is 1. The van der Waals surface area contributed by atoms with Crippen molar-refractivity contribution in [2.24, 2.45) is 5.73 Å². The second-order valence-electron chi connectivity index (χ2n) is 6.75. The lowest BCUT2D eigenvalue weighted by Crippen LogP contribution is -2.31. The van der Waals surface area contributed by atoms with Crippen molar-refractivity contribution in [3.05, 3.63) is 76.7 Å². The lowest BCUT2D eigenvalue weighted by atomic mass is 9.95. The summed E-state index contributed by atoms with van der Waals surface area (Å²) in [7, 11) is 1.59. The van der Waals surface area contributed by atoms with Gasteiger partial charge in [0.05, 0.1) is 12.7 Å². The number of hydrogen-bond donors (Lipinski definition) is 2. The molecule has 0 bridgehead atoms. The SMILES string of the molecule is COc1ccc(C2C(C(N)=O)=C(C)Nc3nc(SCc4ccccc4F)nn32)cc1. The molecule has 0 saturated carbocycles. The number of nitrogens with two attached hydrogens (primary N) is 1. The monoisotopic (exact) mass is 425 g/mol. The Hall–Kier alpha value is -3.33. The lowest BCUT2D eigenvalue weighted by molar-refractivity contribution is -0.115. The number of nitrogens with zero attached hydrogens (tertiary/aromatic N) is 3. The molecule has 3 N–H and O–H groups in total. The van der Waals surface area contributed by atoms with Crippen LogP contribution < -0.4 is 15.8 Å². The Labute approximate surface area is 177 Å². The molecule has 0 radical (unpaired) electrons. The van der Waals surface area contributed by atoms with E-state index in [2.05, 4.69) is 15.4 Å². The van der Waals surface area contributed by atoms with Gasteiger partial charge in [0.15, 0.2) is 0 Å². The van der Waals surface area contributed by atoms with E-state index in [9.17, 15) is 9.18 Å². The first-order valence-electron chi connectivity index (χ1n) is 9.22. The average molecular weight is 425 g/mol. The zero-order valence-corrected chi connectivity index (χ0v) is 17.2. The quantitative estimate of drug-likeness (QED) is 0.587. The summed E-state index contributed by atoms with van der Waals surface area (Å²) in [5.74, 6) is 0.779. The first-order valence-corrected chi connectivity index (χ1v) is 10.2. The minimum Gasteiger partial charge on any atom is -0.497 e. The Balaban J connectivity index is 1.69. The molecule has 0 fully saturated rings. The number of rotatable bonds is 6. The molecule has 1 aliphatic heterocycles. The lowest BCUT2D eigenvalue weighted by Gasteiger charge is -2.27. The number of aromatic nitrogens is 3. The summed E-state index contributed by atoms with van der Waals surface area (Å²) in [6.45, 7) is 1.78. The van der Waals surface area contributed by atoms with E-state index in [-0.39, 0.29) is 5.82 Å². The second-order valence-corrected chi connectivity index (χ2v) is 7.69. The van der Waals surface area contributed by atoms with E-state index < -0.39 is 11.9 Å². The molecule has 2 heterocycles. The van der Waals surface area contributed by atoms with Crippen LogP contribution in [0.1, 0.15) is 24.1 Å². The summed E-state index contributed by atoms with van der Waals surface area (Å²) in [5.41, 5.74) is 8.10. The van der Waals surface area contributed by atoms with Crippen molar-refractivity contribution in [3.8, 4) is 5.75 Å². The predicted octanol–water partition coefficient (Wildman–Crippen LogP) is 3.49. The van der Waals surface area contributed by atoms with Crippen LogP contribution in [-0.2, 0) is 10.5 Å². The molecule has 7 nitrogen and oxygen atoms in total. The van der Waals surface area contributed by atoms with Crippen LogP contribution in [0.2, 0.25) is 0 Å². The highest BCUT2D eigenvalue weighted by Gasteiger charge is 2.33. The number of anilines is 1. The fraction of sp³-hybridized carbons (Fsp3) is 0.190. The van der Waals surface area contributed by atoms with Gasteiger partial charge in [0.25, 0.3) is 0 Å². The number of benzene rings is 2. The predicted molar refractivity (Wildman–Crippen MR) is 113 cm³/mol. The third kappa shape index (κ3) is 3.76. The molecule has 0 aliphatic carbocycles. The van der Waals surface area contributed by atoms with Gasteiger partial charge < -0.3 is 15.8 Å². The van der Waals surface area contributed by atoms with Crippen LogP contribution in [0.15, 0.2) is 65.0 Å². The van der Waals surface area contributed by atoms with E-state index in [1.165, 1.54) is 17.8 Å². The summed E-state index contributed by atoms with van der Waals surface area (Å²) in [6.07, 6.45) is 0. The Morgan fingerprint density at radius 3 is 2.67 bits per heavy atom. The van der Waals surface area contributed by atoms with E-state index in [1.807, 2.05) is 24.3 Å².